The molecule has 0 spiro atoms. The highest BCUT2D eigenvalue weighted by Crippen LogP contribution is 2.52. The summed E-state index contributed by atoms with van der Waals surface area (Å²) in [7, 11) is -4.24. The maximum Gasteiger partial charge on any atom is 0.647 e. The molecule has 0 amide bonds. The number of phosphoric ester groups is 1. The Balaban J connectivity index is 2.23. The van der Waals surface area contributed by atoms with Crippen molar-refractivity contribution >= 4 is 7.82 Å². The quantitative estimate of drug-likeness (QED) is 0.127. The molecule has 6 unspecified atom stereocenters. The van der Waals surface area contributed by atoms with E-state index in [1.165, 1.54) is 33.4 Å². The van der Waals surface area contributed by atoms with Crippen molar-refractivity contribution in [2.75, 3.05) is 0 Å². The van der Waals surface area contributed by atoms with Crippen molar-refractivity contribution in [2.45, 2.75) is 157 Å². The molecule has 4 nitrogen and oxygen atoms in total. The molecule has 0 N–H and O–H groups in total. The maximum atomic E-state index is 15.2. The van der Waals surface area contributed by atoms with Gasteiger partial charge in [-0.2, -0.15) is 4.57 Å². The predicted octanol–water partition coefficient (Wildman–Crippen LogP) is 14.4. The monoisotopic (exact) mass is 662 g/mol. The zero-order valence-corrected chi connectivity index (χ0v) is 32.4. The molecule has 0 bridgehead atoms. The largest absolute Gasteiger partial charge is 0.647 e. The smallest absolute Gasteiger partial charge is 0.386 e. The van der Waals surface area contributed by atoms with Crippen molar-refractivity contribution in [2.24, 2.45) is 0 Å². The number of phosphoric acid groups is 1. The lowest BCUT2D eigenvalue weighted by molar-refractivity contribution is 0.297. The summed E-state index contributed by atoms with van der Waals surface area (Å²) in [4.78, 5) is 0. The molecular formula is C42H63O4P. The molecule has 6 atom stereocenters. The van der Waals surface area contributed by atoms with E-state index in [9.17, 15) is 0 Å². The van der Waals surface area contributed by atoms with E-state index >= 15 is 4.57 Å². The summed E-state index contributed by atoms with van der Waals surface area (Å²) >= 11 is 0. The van der Waals surface area contributed by atoms with Crippen LogP contribution in [0.15, 0.2) is 54.6 Å². The highest BCUT2D eigenvalue weighted by Gasteiger charge is 2.35. The zero-order valence-electron chi connectivity index (χ0n) is 31.5. The molecule has 5 heteroatoms. The minimum Gasteiger partial charge on any atom is -0.386 e. The highest BCUT2D eigenvalue weighted by molar-refractivity contribution is 7.49. The molecule has 0 saturated carbocycles. The molecule has 47 heavy (non-hydrogen) atoms. The molecule has 3 aromatic carbocycles. The van der Waals surface area contributed by atoms with Crippen molar-refractivity contribution in [3.8, 4) is 17.2 Å². The average Bonchev–Trinajstić information content (AvgIpc) is 3.08. The van der Waals surface area contributed by atoms with Crippen molar-refractivity contribution in [1.82, 2.24) is 0 Å². The second kappa shape index (κ2) is 17.6. The van der Waals surface area contributed by atoms with Crippen LogP contribution >= 0.6 is 7.82 Å². The lowest BCUT2D eigenvalue weighted by Gasteiger charge is -2.24. The highest BCUT2D eigenvalue weighted by atomic mass is 31.2. The van der Waals surface area contributed by atoms with Crippen LogP contribution < -0.4 is 13.6 Å². The molecule has 0 fully saturated rings. The van der Waals surface area contributed by atoms with Crippen LogP contribution in [0.25, 0.3) is 0 Å². The maximum absolute atomic E-state index is 15.2. The predicted molar refractivity (Wildman–Crippen MR) is 201 cm³/mol. The van der Waals surface area contributed by atoms with Gasteiger partial charge < -0.3 is 13.6 Å². The van der Waals surface area contributed by atoms with E-state index in [1.54, 1.807) is 0 Å². The summed E-state index contributed by atoms with van der Waals surface area (Å²) in [5, 5.41) is 0. The van der Waals surface area contributed by atoms with Crippen molar-refractivity contribution < 1.29 is 18.1 Å². The summed E-state index contributed by atoms with van der Waals surface area (Å²) in [5.74, 6) is 3.54. The van der Waals surface area contributed by atoms with Gasteiger partial charge in [0.15, 0.2) is 0 Å². The van der Waals surface area contributed by atoms with E-state index in [4.69, 9.17) is 13.6 Å². The Morgan fingerprint density at radius 1 is 0.383 bits per heavy atom. The van der Waals surface area contributed by atoms with Crippen LogP contribution in [0, 0.1) is 0 Å². The first-order valence-electron chi connectivity index (χ1n) is 18.4. The van der Waals surface area contributed by atoms with E-state index in [0.29, 0.717) is 52.8 Å². The first-order chi connectivity index (χ1) is 22.3. The Morgan fingerprint density at radius 3 is 0.702 bits per heavy atom. The summed E-state index contributed by atoms with van der Waals surface area (Å²) in [6.45, 7) is 26.5. The Bertz CT molecular complexity index is 1220. The molecule has 0 aliphatic heterocycles. The van der Waals surface area contributed by atoms with Crippen LogP contribution in [0.3, 0.4) is 0 Å². The molecule has 260 valence electrons. The third-order valence-electron chi connectivity index (χ3n) is 10.6. The van der Waals surface area contributed by atoms with Crippen molar-refractivity contribution in [1.29, 1.82) is 0 Å². The number of rotatable bonds is 18. The van der Waals surface area contributed by atoms with Crippen LogP contribution in [0.5, 0.6) is 17.2 Å². The number of hydrogen-bond acceptors (Lipinski definition) is 4. The molecule has 3 aromatic rings. The topological polar surface area (TPSA) is 44.8 Å². The fourth-order valence-corrected chi connectivity index (χ4v) is 6.86. The molecule has 3 rings (SSSR count). The van der Waals surface area contributed by atoms with E-state index in [0.717, 1.165) is 38.5 Å². The van der Waals surface area contributed by atoms with Crippen molar-refractivity contribution in [3.05, 3.63) is 88.0 Å². The van der Waals surface area contributed by atoms with Gasteiger partial charge in [-0.15, -0.1) is 0 Å². The van der Waals surface area contributed by atoms with Crippen molar-refractivity contribution in [3.63, 3.8) is 0 Å². The Kier molecular flexibility index (Phi) is 14.5. The summed E-state index contributed by atoms with van der Waals surface area (Å²) < 4.78 is 34.7. The second-order valence-electron chi connectivity index (χ2n) is 14.1. The van der Waals surface area contributed by atoms with Gasteiger partial charge in [0, 0.05) is 0 Å². The number of benzene rings is 3. The SMILES string of the molecule is CCC(C)c1cc(OP(=O)(Oc2cc(C(C)CC)cc(C(C)CC)c2)Oc2cc(C(C)CC)cc(C(C)CC)c2)cc(C(C)CC)c1. The number of hydrogen-bond donors (Lipinski definition) is 0. The second-order valence-corrected chi connectivity index (χ2v) is 15.5. The molecule has 0 aliphatic carbocycles. The Hall–Kier alpha value is -2.71. The van der Waals surface area contributed by atoms with Gasteiger partial charge in [0.1, 0.15) is 17.2 Å². The average molecular weight is 663 g/mol. The fraction of sp³-hybridized carbons (Fsp3) is 0.571. The van der Waals surface area contributed by atoms with Gasteiger partial charge in [-0.1, -0.05) is 101 Å². The molecule has 0 aromatic heterocycles. The summed E-state index contributed by atoms with van der Waals surface area (Å²) in [6.07, 6.45) is 5.97. The zero-order chi connectivity index (χ0) is 34.9. The van der Waals surface area contributed by atoms with Gasteiger partial charge in [-0.25, -0.2) is 0 Å². The molecule has 0 heterocycles. The first-order valence-corrected chi connectivity index (χ1v) is 19.9. The molecule has 0 radical (unpaired) electrons. The molecule has 0 aliphatic rings. The third-order valence-corrected chi connectivity index (χ3v) is 11.9. The van der Waals surface area contributed by atoms with Crippen LogP contribution in [0.2, 0.25) is 0 Å². The van der Waals surface area contributed by atoms with E-state index < -0.39 is 7.82 Å². The minimum absolute atomic E-state index is 0.332. The van der Waals surface area contributed by atoms with Crippen LogP contribution in [-0.4, -0.2) is 0 Å². The van der Waals surface area contributed by atoms with Gasteiger partial charge in [0.05, 0.1) is 0 Å². The van der Waals surface area contributed by atoms with Gasteiger partial charge in [-0.3, -0.25) is 0 Å². The summed E-state index contributed by atoms with van der Waals surface area (Å²) in [6, 6.07) is 18.9. The van der Waals surface area contributed by atoms with E-state index in [-0.39, 0.29) is 0 Å². The van der Waals surface area contributed by atoms with Crippen LogP contribution in [0.4, 0.5) is 0 Å². The van der Waals surface area contributed by atoms with Gasteiger partial charge in [0.25, 0.3) is 0 Å². The standard InChI is InChI=1S/C42H63O4P/c1-13-28(7)34-19-35(29(8)14-2)23-40(22-34)44-47(43,45-41-24-36(30(9)15-3)20-37(25-41)31(10)16-4)46-42-26-38(32(11)17-5)21-39(27-42)33(12)18-6/h19-33H,13-18H2,1-12H3. The fourth-order valence-electron chi connectivity index (χ4n) is 5.66. The van der Waals surface area contributed by atoms with Crippen LogP contribution in [-0.2, 0) is 4.57 Å². The normalized spacial score (nSPS) is 16.8. The Labute approximate surface area is 287 Å². The Morgan fingerprint density at radius 2 is 0.553 bits per heavy atom. The first kappa shape index (κ1) is 38.7. The lowest BCUT2D eigenvalue weighted by Crippen LogP contribution is -2.10. The third kappa shape index (κ3) is 10.4. The van der Waals surface area contributed by atoms with Gasteiger partial charge in [0.2, 0.25) is 0 Å². The lowest BCUT2D eigenvalue weighted by atomic mass is 9.91. The molecular weight excluding hydrogens is 599 g/mol. The van der Waals surface area contributed by atoms with Gasteiger partial charge >= 0.3 is 7.82 Å². The van der Waals surface area contributed by atoms with E-state index in [1.807, 2.05) is 36.4 Å². The summed E-state index contributed by atoms with van der Waals surface area (Å²) in [5.41, 5.74) is 7.01. The van der Waals surface area contributed by atoms with E-state index in [2.05, 4.69) is 101 Å². The van der Waals surface area contributed by atoms with Gasteiger partial charge in [-0.05, 0) is 144 Å². The molecule has 0 saturated heterocycles. The van der Waals surface area contributed by atoms with Crippen LogP contribution in [0.1, 0.15) is 190 Å². The minimum atomic E-state index is -4.24.